The van der Waals surface area contributed by atoms with Crippen LogP contribution in [0, 0.1) is 5.92 Å². The van der Waals surface area contributed by atoms with Gasteiger partial charge in [-0.05, 0) is 45.8 Å². The minimum Gasteiger partial charge on any atom is -0.507 e. The minimum absolute atomic E-state index is 0.00629. The number of aromatic hydroxyl groups is 2. The highest BCUT2D eigenvalue weighted by Gasteiger charge is 2.35. The van der Waals surface area contributed by atoms with E-state index in [0.717, 1.165) is 25.9 Å². The number of benzene rings is 2. The molecule has 0 saturated carbocycles. The molecular formula is C19H23NO4. The molecule has 2 aromatic rings. The lowest BCUT2D eigenvalue weighted by Gasteiger charge is -2.36. The van der Waals surface area contributed by atoms with Crippen LogP contribution in [0.3, 0.4) is 0 Å². The Kier molecular flexibility index (Phi) is 4.37. The lowest BCUT2D eigenvalue weighted by atomic mass is 9.83. The summed E-state index contributed by atoms with van der Waals surface area (Å²) < 4.78 is 5.71. The molecule has 0 aromatic heterocycles. The molecule has 0 atom stereocenters. The molecule has 5 heteroatoms. The summed E-state index contributed by atoms with van der Waals surface area (Å²) in [5, 5.41) is 24.8. The van der Waals surface area contributed by atoms with Crippen LogP contribution < -0.4 is 5.32 Å². The number of carbonyl (C=O) groups excluding carboxylic acids is 1. The lowest BCUT2D eigenvalue weighted by molar-refractivity contribution is -0.0370. The number of hydrogen-bond donors (Lipinski definition) is 3. The van der Waals surface area contributed by atoms with Gasteiger partial charge in [0, 0.05) is 16.7 Å². The van der Waals surface area contributed by atoms with E-state index in [2.05, 4.69) is 5.32 Å². The predicted octanol–water partition coefficient (Wildman–Crippen LogP) is 3.19. The topological polar surface area (TPSA) is 78.8 Å². The second kappa shape index (κ2) is 6.32. The maximum atomic E-state index is 12.6. The third-order valence-electron chi connectivity index (χ3n) is 4.89. The number of phenolic OH excluding ortho intramolecular Hbond substituents is 2. The fourth-order valence-electron chi connectivity index (χ4n) is 3.39. The van der Waals surface area contributed by atoms with Gasteiger partial charge in [0.2, 0.25) is 0 Å². The summed E-state index contributed by atoms with van der Waals surface area (Å²) in [7, 11) is 0. The first-order valence-electron chi connectivity index (χ1n) is 8.28. The van der Waals surface area contributed by atoms with Crippen LogP contribution in [0.2, 0.25) is 0 Å². The van der Waals surface area contributed by atoms with Crippen LogP contribution >= 0.6 is 0 Å². The average Bonchev–Trinajstić information content (AvgIpc) is 2.58. The Balaban J connectivity index is 1.90. The second-order valence-electron chi connectivity index (χ2n) is 6.85. The van der Waals surface area contributed by atoms with Gasteiger partial charge >= 0.3 is 5.97 Å². The Labute approximate surface area is 141 Å². The first-order valence-corrected chi connectivity index (χ1v) is 8.28. The highest BCUT2D eigenvalue weighted by Crippen LogP contribution is 2.37. The quantitative estimate of drug-likeness (QED) is 0.595. The molecule has 3 rings (SSSR count). The van der Waals surface area contributed by atoms with Crippen LogP contribution in [0.5, 0.6) is 11.5 Å². The van der Waals surface area contributed by atoms with Crippen molar-refractivity contribution in [2.45, 2.75) is 32.3 Å². The van der Waals surface area contributed by atoms with Crippen molar-refractivity contribution in [3.05, 3.63) is 35.9 Å². The van der Waals surface area contributed by atoms with E-state index in [1.165, 1.54) is 6.07 Å². The van der Waals surface area contributed by atoms with Crippen LogP contribution in [-0.4, -0.2) is 34.9 Å². The number of esters is 1. The zero-order valence-electron chi connectivity index (χ0n) is 14.0. The molecule has 5 nitrogen and oxygen atoms in total. The summed E-state index contributed by atoms with van der Waals surface area (Å²) in [6.45, 7) is 5.62. The van der Waals surface area contributed by atoms with Crippen molar-refractivity contribution in [3.8, 4) is 11.5 Å². The van der Waals surface area contributed by atoms with Crippen molar-refractivity contribution in [2.75, 3.05) is 13.1 Å². The Bertz CT molecular complexity index is 763. The molecule has 2 aromatic carbocycles. The first-order chi connectivity index (χ1) is 11.4. The summed E-state index contributed by atoms with van der Waals surface area (Å²) >= 11 is 0. The van der Waals surface area contributed by atoms with E-state index in [9.17, 15) is 15.0 Å². The van der Waals surface area contributed by atoms with Crippen molar-refractivity contribution in [2.24, 2.45) is 5.92 Å². The van der Waals surface area contributed by atoms with Gasteiger partial charge in [0.15, 0.2) is 0 Å². The van der Waals surface area contributed by atoms with Gasteiger partial charge in [-0.2, -0.15) is 0 Å². The third-order valence-corrected chi connectivity index (χ3v) is 4.89. The van der Waals surface area contributed by atoms with Crippen molar-refractivity contribution < 1.29 is 19.7 Å². The number of piperidine rings is 1. The molecule has 0 aliphatic carbocycles. The largest absolute Gasteiger partial charge is 0.507 e. The number of carbonyl (C=O) groups is 1. The van der Waals surface area contributed by atoms with E-state index in [4.69, 9.17) is 4.74 Å². The van der Waals surface area contributed by atoms with E-state index in [0.29, 0.717) is 10.8 Å². The van der Waals surface area contributed by atoms with E-state index in [1.54, 1.807) is 24.3 Å². The molecule has 1 aliphatic rings. The molecule has 1 fully saturated rings. The second-order valence-corrected chi connectivity index (χ2v) is 6.85. The Morgan fingerprint density at radius 3 is 2.46 bits per heavy atom. The summed E-state index contributed by atoms with van der Waals surface area (Å²) in [6, 6.07) is 8.14. The van der Waals surface area contributed by atoms with Crippen LogP contribution in [0.15, 0.2) is 30.3 Å². The molecule has 0 spiro atoms. The number of ether oxygens (including phenoxy) is 1. The molecular weight excluding hydrogens is 306 g/mol. The fraction of sp³-hybridized carbons (Fsp3) is 0.421. The molecule has 0 unspecified atom stereocenters. The molecule has 1 aliphatic heterocycles. The van der Waals surface area contributed by atoms with E-state index < -0.39 is 11.6 Å². The van der Waals surface area contributed by atoms with E-state index >= 15 is 0 Å². The van der Waals surface area contributed by atoms with Crippen molar-refractivity contribution in [1.82, 2.24) is 5.32 Å². The standard InChI is InChI=1S/C19H23NO4/c1-19(2,12-7-9-20-10-8-12)24-18(23)15-11-16(21)13-5-3-4-6-14(13)17(15)22/h3-6,11-12,20-22H,7-10H2,1-2H3. The van der Waals surface area contributed by atoms with Crippen molar-refractivity contribution in [1.29, 1.82) is 0 Å². The van der Waals surface area contributed by atoms with Crippen LogP contribution in [0.1, 0.15) is 37.0 Å². The molecule has 0 radical (unpaired) electrons. The number of nitrogens with one attached hydrogen (secondary N) is 1. The molecule has 24 heavy (non-hydrogen) atoms. The van der Waals surface area contributed by atoms with Crippen LogP contribution in [-0.2, 0) is 4.74 Å². The average molecular weight is 329 g/mol. The summed E-state index contributed by atoms with van der Waals surface area (Å²) in [4.78, 5) is 12.6. The number of rotatable bonds is 3. The number of fused-ring (bicyclic) bond motifs is 1. The first kappa shape index (κ1) is 16.6. The minimum atomic E-state index is -0.632. The Hall–Kier alpha value is -2.27. The van der Waals surface area contributed by atoms with Gasteiger partial charge in [-0.15, -0.1) is 0 Å². The molecule has 0 bridgehead atoms. The Morgan fingerprint density at radius 2 is 1.79 bits per heavy atom. The van der Waals surface area contributed by atoms with Gasteiger partial charge in [0.25, 0.3) is 0 Å². The van der Waals surface area contributed by atoms with Gasteiger partial charge in [0.05, 0.1) is 0 Å². The normalized spacial score (nSPS) is 16.2. The maximum Gasteiger partial charge on any atom is 0.342 e. The smallest absolute Gasteiger partial charge is 0.342 e. The van der Waals surface area contributed by atoms with Gasteiger partial charge in [-0.25, -0.2) is 4.79 Å². The molecule has 1 saturated heterocycles. The molecule has 3 N–H and O–H groups in total. The summed E-state index contributed by atoms with van der Waals surface area (Å²) in [5.41, 5.74) is -0.638. The lowest BCUT2D eigenvalue weighted by Crippen LogP contribution is -2.42. The highest BCUT2D eigenvalue weighted by atomic mass is 16.6. The highest BCUT2D eigenvalue weighted by molar-refractivity contribution is 6.03. The third kappa shape index (κ3) is 3.04. The molecule has 1 heterocycles. The summed E-state index contributed by atoms with van der Waals surface area (Å²) in [5.74, 6) is -0.555. The van der Waals surface area contributed by atoms with Gasteiger partial charge < -0.3 is 20.3 Å². The number of hydrogen-bond acceptors (Lipinski definition) is 5. The molecule has 128 valence electrons. The van der Waals surface area contributed by atoms with Crippen LogP contribution in [0.25, 0.3) is 10.8 Å². The van der Waals surface area contributed by atoms with Gasteiger partial charge in [-0.1, -0.05) is 24.3 Å². The van der Waals surface area contributed by atoms with E-state index in [1.807, 2.05) is 13.8 Å². The van der Waals surface area contributed by atoms with Gasteiger partial charge in [-0.3, -0.25) is 0 Å². The monoisotopic (exact) mass is 329 g/mol. The zero-order chi connectivity index (χ0) is 17.3. The SMILES string of the molecule is CC(C)(OC(=O)c1cc(O)c2ccccc2c1O)C1CCNCC1. The van der Waals surface area contributed by atoms with Crippen LogP contribution in [0.4, 0.5) is 0 Å². The van der Waals surface area contributed by atoms with Crippen molar-refractivity contribution in [3.63, 3.8) is 0 Å². The number of phenols is 2. The van der Waals surface area contributed by atoms with Crippen molar-refractivity contribution >= 4 is 16.7 Å². The Morgan fingerprint density at radius 1 is 1.17 bits per heavy atom. The predicted molar refractivity (Wildman–Crippen MR) is 92.4 cm³/mol. The fourth-order valence-corrected chi connectivity index (χ4v) is 3.39. The maximum absolute atomic E-state index is 12.6. The molecule has 0 amide bonds. The zero-order valence-corrected chi connectivity index (χ0v) is 14.0. The van der Waals surface area contributed by atoms with Gasteiger partial charge in [0.1, 0.15) is 22.7 Å². The summed E-state index contributed by atoms with van der Waals surface area (Å²) in [6.07, 6.45) is 1.88. The van der Waals surface area contributed by atoms with E-state index in [-0.39, 0.29) is 23.0 Å².